The number of hydrogen-bond donors (Lipinski definition) is 3. The van der Waals surface area contributed by atoms with E-state index < -0.39 is 0 Å². The van der Waals surface area contributed by atoms with Gasteiger partial charge in [0, 0.05) is 43.2 Å². The second-order valence-corrected chi connectivity index (χ2v) is 9.27. The average molecular weight is 480 g/mol. The minimum Gasteiger partial charge on any atom is -0.371 e. The van der Waals surface area contributed by atoms with E-state index in [1.54, 1.807) is 6.07 Å². The normalized spacial score (nSPS) is 14.1. The molecule has 0 aliphatic carbocycles. The van der Waals surface area contributed by atoms with Crippen molar-refractivity contribution in [2.45, 2.75) is 47.0 Å². The van der Waals surface area contributed by atoms with Gasteiger partial charge in [-0.15, -0.1) is 0 Å². The van der Waals surface area contributed by atoms with Gasteiger partial charge in [-0.2, -0.15) is 0 Å². The summed E-state index contributed by atoms with van der Waals surface area (Å²) in [4.78, 5) is 30.6. The predicted octanol–water partition coefficient (Wildman–Crippen LogP) is 5.20. The first-order valence-electron chi connectivity index (χ1n) is 13.0. The molecule has 1 aliphatic rings. The Kier molecular flexibility index (Phi) is 9.97. The third-order valence-electron chi connectivity index (χ3n) is 6.88. The van der Waals surface area contributed by atoms with Crippen LogP contribution in [0.25, 0.3) is 0 Å². The fraction of sp³-hybridized carbons (Fsp3) is 0.500. The van der Waals surface area contributed by atoms with Gasteiger partial charge in [0.25, 0.3) is 5.91 Å². The van der Waals surface area contributed by atoms with Crippen LogP contribution in [0.1, 0.15) is 56.5 Å². The highest BCUT2D eigenvalue weighted by molar-refractivity contribution is 6.04. The summed E-state index contributed by atoms with van der Waals surface area (Å²) in [7, 11) is 0. The molecule has 1 saturated heterocycles. The molecule has 0 atom stereocenters. The maximum atomic E-state index is 13.3. The Morgan fingerprint density at radius 3 is 2.40 bits per heavy atom. The van der Waals surface area contributed by atoms with Gasteiger partial charge in [0.1, 0.15) is 0 Å². The largest absolute Gasteiger partial charge is 0.371 e. The van der Waals surface area contributed by atoms with Gasteiger partial charge < -0.3 is 25.8 Å². The van der Waals surface area contributed by atoms with E-state index in [4.69, 9.17) is 0 Å². The minimum atomic E-state index is -0.321. The van der Waals surface area contributed by atoms with E-state index in [0.717, 1.165) is 68.9 Å². The van der Waals surface area contributed by atoms with Gasteiger partial charge in [-0.3, -0.25) is 4.79 Å². The monoisotopic (exact) mass is 479 g/mol. The van der Waals surface area contributed by atoms with Crippen LogP contribution in [0.3, 0.4) is 0 Å². The van der Waals surface area contributed by atoms with Crippen LogP contribution < -0.4 is 20.9 Å². The number of benzene rings is 2. The van der Waals surface area contributed by atoms with E-state index in [0.29, 0.717) is 23.7 Å². The second kappa shape index (κ2) is 13.1. The zero-order chi connectivity index (χ0) is 25.2. The summed E-state index contributed by atoms with van der Waals surface area (Å²) in [6, 6.07) is 13.1. The van der Waals surface area contributed by atoms with Crippen molar-refractivity contribution in [2.75, 3.05) is 54.8 Å². The second-order valence-electron chi connectivity index (χ2n) is 9.27. The van der Waals surface area contributed by atoms with Crippen LogP contribution in [0.4, 0.5) is 21.9 Å². The summed E-state index contributed by atoms with van der Waals surface area (Å²) < 4.78 is 0. The number of amides is 3. The Morgan fingerprint density at radius 2 is 1.71 bits per heavy atom. The number of carbonyl (C=O) groups is 2. The number of rotatable bonds is 10. The smallest absolute Gasteiger partial charge is 0.323 e. The van der Waals surface area contributed by atoms with Crippen LogP contribution >= 0.6 is 0 Å². The summed E-state index contributed by atoms with van der Waals surface area (Å²) in [5, 5.41) is 8.93. The Balaban J connectivity index is 1.76. The predicted molar refractivity (Wildman–Crippen MR) is 146 cm³/mol. The van der Waals surface area contributed by atoms with E-state index in [1.807, 2.05) is 36.4 Å². The van der Waals surface area contributed by atoms with Crippen molar-refractivity contribution in [3.63, 3.8) is 0 Å². The highest BCUT2D eigenvalue weighted by atomic mass is 16.2. The molecule has 190 valence electrons. The van der Waals surface area contributed by atoms with Crippen LogP contribution in [-0.2, 0) is 6.42 Å². The van der Waals surface area contributed by atoms with Crippen LogP contribution in [-0.4, -0.2) is 56.1 Å². The third-order valence-corrected chi connectivity index (χ3v) is 6.88. The number of aryl methyl sites for hydroxylation is 1. The molecule has 1 fully saturated rings. The molecule has 7 nitrogen and oxygen atoms in total. The first-order valence-corrected chi connectivity index (χ1v) is 13.0. The maximum absolute atomic E-state index is 13.3. The molecule has 1 aliphatic heterocycles. The average Bonchev–Trinajstić information content (AvgIpc) is 2.87. The van der Waals surface area contributed by atoms with Crippen LogP contribution in [0.2, 0.25) is 0 Å². The highest BCUT2D eigenvalue weighted by Gasteiger charge is 2.22. The number of nitrogens with one attached hydrogen (secondary N) is 3. The number of para-hydroxylation sites is 1. The fourth-order valence-electron chi connectivity index (χ4n) is 4.52. The van der Waals surface area contributed by atoms with E-state index in [1.165, 1.54) is 0 Å². The molecule has 0 unspecified atom stereocenters. The van der Waals surface area contributed by atoms with Gasteiger partial charge >= 0.3 is 6.03 Å². The van der Waals surface area contributed by atoms with Crippen LogP contribution in [0.15, 0.2) is 42.5 Å². The first-order chi connectivity index (χ1) is 16.9. The first kappa shape index (κ1) is 26.5. The van der Waals surface area contributed by atoms with E-state index >= 15 is 0 Å². The molecule has 2 aromatic carbocycles. The van der Waals surface area contributed by atoms with Crippen molar-refractivity contribution in [1.29, 1.82) is 0 Å². The Morgan fingerprint density at radius 1 is 1.00 bits per heavy atom. The minimum absolute atomic E-state index is 0.105. The summed E-state index contributed by atoms with van der Waals surface area (Å²) >= 11 is 0. The summed E-state index contributed by atoms with van der Waals surface area (Å²) in [6.45, 7) is 13.8. The van der Waals surface area contributed by atoms with Gasteiger partial charge in [-0.1, -0.05) is 45.9 Å². The van der Waals surface area contributed by atoms with E-state index in [2.05, 4.69) is 53.4 Å². The van der Waals surface area contributed by atoms with Gasteiger partial charge in [-0.25, -0.2) is 4.79 Å². The quantitative estimate of drug-likeness (QED) is 0.438. The molecule has 3 rings (SSSR count). The molecule has 0 bridgehead atoms. The van der Waals surface area contributed by atoms with Crippen LogP contribution in [0, 0.1) is 5.92 Å². The number of nitrogens with zero attached hydrogens (tertiary/aromatic N) is 2. The summed E-state index contributed by atoms with van der Waals surface area (Å²) in [6.07, 6.45) is 3.06. The van der Waals surface area contributed by atoms with E-state index in [-0.39, 0.29) is 11.9 Å². The molecule has 0 saturated carbocycles. The standard InChI is InChI=1S/C28H41N5O2/c1-5-22-10-8-9-11-25(22)31-28(35)30-23-12-13-26(33-17-14-21(4)15-18-33)24(20-23)27(34)29-16-19-32(6-2)7-3/h8-13,20-21H,5-7,14-19H2,1-4H3,(H,29,34)(H2,30,31,35). The summed E-state index contributed by atoms with van der Waals surface area (Å²) in [5.41, 5.74) is 4.00. The SMILES string of the molecule is CCc1ccccc1NC(=O)Nc1ccc(N2CCC(C)CC2)c(C(=O)NCCN(CC)CC)c1. The van der Waals surface area contributed by atoms with Crippen molar-refractivity contribution < 1.29 is 9.59 Å². The molecule has 1 heterocycles. The third kappa shape index (κ3) is 7.46. The zero-order valence-electron chi connectivity index (χ0n) is 21.7. The van der Waals surface area contributed by atoms with Gasteiger partial charge in [0.15, 0.2) is 0 Å². The topological polar surface area (TPSA) is 76.7 Å². The lowest BCUT2D eigenvalue weighted by Gasteiger charge is -2.33. The molecular formula is C28H41N5O2. The molecule has 35 heavy (non-hydrogen) atoms. The molecule has 7 heteroatoms. The number of carbonyl (C=O) groups excluding carboxylic acids is 2. The van der Waals surface area contributed by atoms with Crippen molar-refractivity contribution >= 4 is 29.0 Å². The fourth-order valence-corrected chi connectivity index (χ4v) is 4.52. The van der Waals surface area contributed by atoms with Crippen molar-refractivity contribution in [3.8, 4) is 0 Å². The van der Waals surface area contributed by atoms with Gasteiger partial charge in [-0.05, 0) is 68.1 Å². The van der Waals surface area contributed by atoms with Gasteiger partial charge in [0.05, 0.1) is 5.56 Å². The number of likely N-dealkylation sites (N-methyl/N-ethyl adjacent to an activating group) is 1. The number of piperidine rings is 1. The Bertz CT molecular complexity index is 981. The molecule has 0 radical (unpaired) electrons. The number of hydrogen-bond acceptors (Lipinski definition) is 4. The maximum Gasteiger partial charge on any atom is 0.323 e. The lowest BCUT2D eigenvalue weighted by molar-refractivity contribution is 0.0949. The molecule has 0 spiro atoms. The van der Waals surface area contributed by atoms with Crippen molar-refractivity contribution in [2.24, 2.45) is 5.92 Å². The Labute approximate surface area is 210 Å². The van der Waals surface area contributed by atoms with Crippen molar-refractivity contribution in [1.82, 2.24) is 10.2 Å². The zero-order valence-corrected chi connectivity index (χ0v) is 21.7. The molecule has 3 amide bonds. The molecule has 3 N–H and O–H groups in total. The highest BCUT2D eigenvalue weighted by Crippen LogP contribution is 2.29. The van der Waals surface area contributed by atoms with Crippen LogP contribution in [0.5, 0.6) is 0 Å². The van der Waals surface area contributed by atoms with Crippen molar-refractivity contribution in [3.05, 3.63) is 53.6 Å². The molecular weight excluding hydrogens is 438 g/mol. The Hall–Kier alpha value is -3.06. The summed E-state index contributed by atoms with van der Waals surface area (Å²) in [5.74, 6) is 0.597. The van der Waals surface area contributed by atoms with Gasteiger partial charge in [0.2, 0.25) is 0 Å². The molecule has 2 aromatic rings. The number of urea groups is 1. The van der Waals surface area contributed by atoms with E-state index in [9.17, 15) is 9.59 Å². The number of anilines is 3. The molecule has 0 aromatic heterocycles. The lowest BCUT2D eigenvalue weighted by atomic mass is 9.98. The lowest BCUT2D eigenvalue weighted by Crippen LogP contribution is -2.37.